The van der Waals surface area contributed by atoms with Crippen molar-refractivity contribution in [1.29, 1.82) is 0 Å². The molecular weight excluding hydrogens is 302 g/mol. The fourth-order valence-electron chi connectivity index (χ4n) is 4.54. The van der Waals surface area contributed by atoms with E-state index in [4.69, 9.17) is 9.47 Å². The molecule has 1 unspecified atom stereocenters. The molecule has 130 valence electrons. The summed E-state index contributed by atoms with van der Waals surface area (Å²) in [6.07, 6.45) is 9.51. The fourth-order valence-corrected chi connectivity index (χ4v) is 4.54. The lowest BCUT2D eigenvalue weighted by Gasteiger charge is -2.27. The van der Waals surface area contributed by atoms with E-state index in [9.17, 15) is 4.79 Å². The molecule has 1 aromatic carbocycles. The van der Waals surface area contributed by atoms with Crippen molar-refractivity contribution in [3.8, 4) is 11.5 Å². The zero-order valence-electron chi connectivity index (χ0n) is 14.3. The van der Waals surface area contributed by atoms with Gasteiger partial charge in [0.1, 0.15) is 13.2 Å². The summed E-state index contributed by atoms with van der Waals surface area (Å²) in [5.41, 5.74) is 1.08. The molecule has 4 nitrogen and oxygen atoms in total. The maximum atomic E-state index is 13.1. The maximum Gasteiger partial charge on any atom is 0.228 e. The van der Waals surface area contributed by atoms with E-state index in [1.165, 1.54) is 25.7 Å². The molecule has 1 aromatic rings. The number of hydrogen-bond acceptors (Lipinski definition) is 3. The van der Waals surface area contributed by atoms with Crippen LogP contribution >= 0.6 is 0 Å². The summed E-state index contributed by atoms with van der Waals surface area (Å²) in [6.45, 7) is 1.18. The molecule has 1 N–H and O–H groups in total. The van der Waals surface area contributed by atoms with E-state index in [1.54, 1.807) is 0 Å². The van der Waals surface area contributed by atoms with Crippen molar-refractivity contribution in [1.82, 2.24) is 5.32 Å². The molecule has 1 amide bonds. The van der Waals surface area contributed by atoms with Gasteiger partial charge in [0.05, 0.1) is 5.92 Å². The maximum absolute atomic E-state index is 13.1. The third-order valence-corrected chi connectivity index (χ3v) is 5.78. The quantitative estimate of drug-likeness (QED) is 0.914. The molecule has 1 aliphatic heterocycles. The molecule has 1 atom stereocenters. The van der Waals surface area contributed by atoms with Crippen LogP contribution in [-0.2, 0) is 4.79 Å². The monoisotopic (exact) mass is 329 g/mol. The molecule has 0 saturated heterocycles. The third-order valence-electron chi connectivity index (χ3n) is 5.78. The molecule has 0 bridgehead atoms. The van der Waals surface area contributed by atoms with Gasteiger partial charge in [-0.1, -0.05) is 31.7 Å². The normalized spacial score (nSPS) is 22.5. The Hall–Kier alpha value is -1.71. The standard InChI is InChI=1S/C20H27NO3/c22-20(21-16-7-3-4-8-16)19(14-5-1-2-6-14)15-9-10-17-18(13-15)24-12-11-23-17/h9-10,13-14,16,19H,1-8,11-12H2,(H,21,22). The van der Waals surface area contributed by atoms with Crippen LogP contribution in [-0.4, -0.2) is 25.2 Å². The molecule has 2 saturated carbocycles. The molecule has 24 heavy (non-hydrogen) atoms. The highest BCUT2D eigenvalue weighted by molar-refractivity contribution is 5.84. The summed E-state index contributed by atoms with van der Waals surface area (Å²) in [6, 6.07) is 6.43. The first-order chi connectivity index (χ1) is 11.8. The molecule has 0 spiro atoms. The Bertz CT molecular complexity index is 589. The predicted molar refractivity (Wildman–Crippen MR) is 92.5 cm³/mol. The SMILES string of the molecule is O=C(NC1CCCC1)C(c1ccc2c(c1)OCCO2)C1CCCC1. The highest BCUT2D eigenvalue weighted by atomic mass is 16.6. The minimum atomic E-state index is -0.0519. The molecule has 0 radical (unpaired) electrons. The van der Waals surface area contributed by atoms with Gasteiger partial charge >= 0.3 is 0 Å². The second-order valence-corrected chi connectivity index (χ2v) is 7.42. The largest absolute Gasteiger partial charge is 0.486 e. The predicted octanol–water partition coefficient (Wildman–Crippen LogP) is 3.79. The zero-order chi connectivity index (χ0) is 16.4. The number of ether oxygens (including phenoxy) is 2. The summed E-state index contributed by atoms with van der Waals surface area (Å²) in [7, 11) is 0. The van der Waals surface area contributed by atoms with Crippen molar-refractivity contribution in [3.05, 3.63) is 23.8 Å². The van der Waals surface area contributed by atoms with Gasteiger partial charge in [-0.3, -0.25) is 4.79 Å². The number of carbonyl (C=O) groups excluding carboxylic acids is 1. The Labute approximate surface area is 143 Å². The Morgan fingerprint density at radius 1 is 0.958 bits per heavy atom. The van der Waals surface area contributed by atoms with Crippen molar-refractivity contribution in [2.45, 2.75) is 63.3 Å². The second kappa shape index (κ2) is 7.04. The van der Waals surface area contributed by atoms with Gasteiger partial charge in [0.15, 0.2) is 11.5 Å². The Balaban J connectivity index is 1.58. The summed E-state index contributed by atoms with van der Waals surface area (Å²) in [4.78, 5) is 13.1. The van der Waals surface area contributed by atoms with Crippen LogP contribution in [0.25, 0.3) is 0 Å². The fraction of sp³-hybridized carbons (Fsp3) is 0.650. The van der Waals surface area contributed by atoms with Crippen LogP contribution in [0.3, 0.4) is 0 Å². The molecule has 3 aliphatic rings. The lowest BCUT2D eigenvalue weighted by molar-refractivity contribution is -0.124. The molecule has 4 heteroatoms. The number of amides is 1. The molecule has 2 aliphatic carbocycles. The van der Waals surface area contributed by atoms with Gasteiger partial charge in [0.25, 0.3) is 0 Å². The lowest BCUT2D eigenvalue weighted by atomic mass is 9.83. The van der Waals surface area contributed by atoms with E-state index in [-0.39, 0.29) is 11.8 Å². The van der Waals surface area contributed by atoms with Crippen LogP contribution in [0.4, 0.5) is 0 Å². The number of rotatable bonds is 4. The molecule has 4 rings (SSSR count). The van der Waals surface area contributed by atoms with E-state index < -0.39 is 0 Å². The minimum Gasteiger partial charge on any atom is -0.486 e. The van der Waals surface area contributed by atoms with Crippen molar-refractivity contribution in [2.75, 3.05) is 13.2 Å². The third kappa shape index (κ3) is 3.24. The Morgan fingerprint density at radius 2 is 1.62 bits per heavy atom. The summed E-state index contributed by atoms with van der Waals surface area (Å²) < 4.78 is 11.4. The van der Waals surface area contributed by atoms with Crippen molar-refractivity contribution in [3.63, 3.8) is 0 Å². The summed E-state index contributed by atoms with van der Waals surface area (Å²) in [5, 5.41) is 3.32. The van der Waals surface area contributed by atoms with Crippen LogP contribution in [0.2, 0.25) is 0 Å². The second-order valence-electron chi connectivity index (χ2n) is 7.42. The number of carbonyl (C=O) groups is 1. The highest BCUT2D eigenvalue weighted by Gasteiger charge is 2.34. The van der Waals surface area contributed by atoms with Crippen LogP contribution in [0.15, 0.2) is 18.2 Å². The van der Waals surface area contributed by atoms with Gasteiger partial charge < -0.3 is 14.8 Å². The number of hydrogen-bond donors (Lipinski definition) is 1. The van der Waals surface area contributed by atoms with E-state index in [1.807, 2.05) is 12.1 Å². The van der Waals surface area contributed by atoms with Gasteiger partial charge in [-0.25, -0.2) is 0 Å². The average molecular weight is 329 g/mol. The average Bonchev–Trinajstić information content (AvgIpc) is 3.29. The van der Waals surface area contributed by atoms with E-state index in [2.05, 4.69) is 11.4 Å². The van der Waals surface area contributed by atoms with Gasteiger partial charge in [-0.05, 0) is 49.3 Å². The lowest BCUT2D eigenvalue weighted by Crippen LogP contribution is -2.38. The first-order valence-corrected chi connectivity index (χ1v) is 9.51. The van der Waals surface area contributed by atoms with Crippen molar-refractivity contribution >= 4 is 5.91 Å². The number of nitrogens with one attached hydrogen (secondary N) is 1. The van der Waals surface area contributed by atoms with E-state index in [0.717, 1.165) is 42.7 Å². The summed E-state index contributed by atoms with van der Waals surface area (Å²) >= 11 is 0. The van der Waals surface area contributed by atoms with E-state index in [0.29, 0.717) is 25.2 Å². The number of fused-ring (bicyclic) bond motifs is 1. The molecule has 0 aromatic heterocycles. The summed E-state index contributed by atoms with van der Waals surface area (Å²) in [5.74, 6) is 2.20. The van der Waals surface area contributed by atoms with E-state index >= 15 is 0 Å². The topological polar surface area (TPSA) is 47.6 Å². The zero-order valence-corrected chi connectivity index (χ0v) is 14.3. The number of benzene rings is 1. The molecule has 1 heterocycles. The van der Waals surface area contributed by atoms with Crippen molar-refractivity contribution < 1.29 is 14.3 Å². The van der Waals surface area contributed by atoms with Crippen LogP contribution in [0.5, 0.6) is 11.5 Å². The first-order valence-electron chi connectivity index (χ1n) is 9.51. The Kier molecular flexibility index (Phi) is 4.63. The van der Waals surface area contributed by atoms with Crippen LogP contribution in [0.1, 0.15) is 62.8 Å². The minimum absolute atomic E-state index is 0.0519. The van der Waals surface area contributed by atoms with Crippen molar-refractivity contribution in [2.24, 2.45) is 5.92 Å². The van der Waals surface area contributed by atoms with Crippen LogP contribution in [0, 0.1) is 5.92 Å². The smallest absolute Gasteiger partial charge is 0.228 e. The van der Waals surface area contributed by atoms with Gasteiger partial charge in [-0.15, -0.1) is 0 Å². The molecular formula is C20H27NO3. The molecule has 2 fully saturated rings. The van der Waals surface area contributed by atoms with Gasteiger partial charge in [0, 0.05) is 6.04 Å². The Morgan fingerprint density at radius 3 is 2.38 bits per heavy atom. The highest BCUT2D eigenvalue weighted by Crippen LogP contribution is 2.41. The first kappa shape index (κ1) is 15.8. The van der Waals surface area contributed by atoms with Crippen LogP contribution < -0.4 is 14.8 Å². The van der Waals surface area contributed by atoms with Gasteiger partial charge in [-0.2, -0.15) is 0 Å². The van der Waals surface area contributed by atoms with Gasteiger partial charge in [0.2, 0.25) is 5.91 Å².